The Bertz CT molecular complexity index is 336. The third-order valence-corrected chi connectivity index (χ3v) is 3.49. The molecule has 88 valence electrons. The molecular formula is C14H21NO. The molecular weight excluding hydrogens is 198 g/mol. The lowest BCUT2D eigenvalue weighted by Crippen LogP contribution is -2.46. The standard InChI is InChI=1S/C14H21NO/c1-11-5-7-12(8-6-11)10-14(2,16)13-4-3-9-15-13/h5-8,13,15-16H,3-4,9-10H2,1-2H3/t13-,14+/m0/s1. The quantitative estimate of drug-likeness (QED) is 0.815. The Labute approximate surface area is 97.7 Å². The topological polar surface area (TPSA) is 32.3 Å². The lowest BCUT2D eigenvalue weighted by molar-refractivity contribution is 0.0262. The molecule has 1 aromatic carbocycles. The SMILES string of the molecule is Cc1ccc(C[C@@](C)(O)[C@@H]2CCCN2)cc1. The maximum absolute atomic E-state index is 10.5. The number of aryl methyl sites for hydroxylation is 1. The summed E-state index contributed by atoms with van der Waals surface area (Å²) in [5.41, 5.74) is 1.85. The summed E-state index contributed by atoms with van der Waals surface area (Å²) < 4.78 is 0. The summed E-state index contributed by atoms with van der Waals surface area (Å²) in [7, 11) is 0. The molecule has 1 aliphatic rings. The van der Waals surface area contributed by atoms with Gasteiger partial charge in [-0.3, -0.25) is 0 Å². The summed E-state index contributed by atoms with van der Waals surface area (Å²) in [6.07, 6.45) is 2.98. The molecule has 0 saturated carbocycles. The Morgan fingerprint density at radius 2 is 2.06 bits per heavy atom. The van der Waals surface area contributed by atoms with Gasteiger partial charge in [0.2, 0.25) is 0 Å². The van der Waals surface area contributed by atoms with Gasteiger partial charge in [0, 0.05) is 12.5 Å². The average Bonchev–Trinajstić information content (AvgIpc) is 2.75. The molecule has 0 bridgehead atoms. The fourth-order valence-electron chi connectivity index (χ4n) is 2.46. The Kier molecular flexibility index (Phi) is 3.31. The van der Waals surface area contributed by atoms with Crippen molar-refractivity contribution >= 4 is 0 Å². The van der Waals surface area contributed by atoms with Gasteiger partial charge in [0.1, 0.15) is 0 Å². The second-order valence-electron chi connectivity index (χ2n) is 5.17. The summed E-state index contributed by atoms with van der Waals surface area (Å²) in [5, 5.41) is 13.9. The van der Waals surface area contributed by atoms with E-state index in [1.54, 1.807) is 0 Å². The van der Waals surface area contributed by atoms with Gasteiger partial charge in [-0.25, -0.2) is 0 Å². The van der Waals surface area contributed by atoms with E-state index in [0.29, 0.717) is 0 Å². The van der Waals surface area contributed by atoms with Crippen LogP contribution in [0.3, 0.4) is 0 Å². The van der Waals surface area contributed by atoms with Gasteiger partial charge in [0.05, 0.1) is 5.60 Å². The lowest BCUT2D eigenvalue weighted by atomic mass is 9.88. The number of hydrogen-bond acceptors (Lipinski definition) is 2. The molecule has 2 nitrogen and oxygen atoms in total. The van der Waals surface area contributed by atoms with Crippen LogP contribution in [0.15, 0.2) is 24.3 Å². The number of aliphatic hydroxyl groups is 1. The first-order valence-corrected chi connectivity index (χ1v) is 6.09. The highest BCUT2D eigenvalue weighted by Gasteiger charge is 2.33. The third kappa shape index (κ3) is 2.63. The second-order valence-corrected chi connectivity index (χ2v) is 5.17. The van der Waals surface area contributed by atoms with Gasteiger partial charge in [-0.15, -0.1) is 0 Å². The van der Waals surface area contributed by atoms with Gasteiger partial charge < -0.3 is 10.4 Å². The summed E-state index contributed by atoms with van der Waals surface area (Å²) in [4.78, 5) is 0. The molecule has 2 atom stereocenters. The summed E-state index contributed by atoms with van der Waals surface area (Å²) >= 11 is 0. The zero-order chi connectivity index (χ0) is 11.6. The molecule has 0 radical (unpaired) electrons. The maximum atomic E-state index is 10.5. The highest BCUT2D eigenvalue weighted by Crippen LogP contribution is 2.23. The molecule has 1 aromatic rings. The Morgan fingerprint density at radius 3 is 2.62 bits per heavy atom. The van der Waals surface area contributed by atoms with Gasteiger partial charge in [0.15, 0.2) is 0 Å². The van der Waals surface area contributed by atoms with E-state index >= 15 is 0 Å². The van der Waals surface area contributed by atoms with Crippen molar-refractivity contribution in [2.45, 2.75) is 44.8 Å². The molecule has 2 rings (SSSR count). The Balaban J connectivity index is 2.04. The van der Waals surface area contributed by atoms with Gasteiger partial charge >= 0.3 is 0 Å². The highest BCUT2D eigenvalue weighted by atomic mass is 16.3. The van der Waals surface area contributed by atoms with E-state index < -0.39 is 5.60 Å². The monoisotopic (exact) mass is 219 g/mol. The van der Waals surface area contributed by atoms with Crippen molar-refractivity contribution in [1.29, 1.82) is 0 Å². The molecule has 2 N–H and O–H groups in total. The minimum absolute atomic E-state index is 0.244. The number of rotatable bonds is 3. The fraction of sp³-hybridized carbons (Fsp3) is 0.571. The summed E-state index contributed by atoms with van der Waals surface area (Å²) in [6.45, 7) is 5.06. The van der Waals surface area contributed by atoms with Crippen LogP contribution in [-0.2, 0) is 6.42 Å². The van der Waals surface area contributed by atoms with Crippen LogP contribution in [0.2, 0.25) is 0 Å². The van der Waals surface area contributed by atoms with Crippen molar-refractivity contribution in [2.24, 2.45) is 0 Å². The lowest BCUT2D eigenvalue weighted by Gasteiger charge is -2.30. The first-order valence-electron chi connectivity index (χ1n) is 6.09. The van der Waals surface area contributed by atoms with E-state index in [2.05, 4.69) is 36.5 Å². The van der Waals surface area contributed by atoms with Gasteiger partial charge in [0.25, 0.3) is 0 Å². The first-order chi connectivity index (χ1) is 7.58. The van der Waals surface area contributed by atoms with E-state index in [-0.39, 0.29) is 6.04 Å². The smallest absolute Gasteiger partial charge is 0.0812 e. The van der Waals surface area contributed by atoms with Gasteiger partial charge in [-0.2, -0.15) is 0 Å². The number of benzene rings is 1. The summed E-state index contributed by atoms with van der Waals surface area (Å²) in [6, 6.07) is 8.67. The molecule has 1 heterocycles. The zero-order valence-corrected chi connectivity index (χ0v) is 10.2. The molecule has 0 unspecified atom stereocenters. The second kappa shape index (κ2) is 4.56. The number of nitrogens with one attached hydrogen (secondary N) is 1. The van der Waals surface area contributed by atoms with Crippen LogP contribution in [0.4, 0.5) is 0 Å². The van der Waals surface area contributed by atoms with Crippen molar-refractivity contribution in [3.05, 3.63) is 35.4 Å². The molecule has 1 aliphatic heterocycles. The van der Waals surface area contributed by atoms with Crippen LogP contribution in [0, 0.1) is 6.92 Å². The molecule has 0 spiro atoms. The predicted molar refractivity (Wildman–Crippen MR) is 66.5 cm³/mol. The summed E-state index contributed by atoms with van der Waals surface area (Å²) in [5.74, 6) is 0. The highest BCUT2D eigenvalue weighted by molar-refractivity contribution is 5.23. The number of hydrogen-bond donors (Lipinski definition) is 2. The minimum Gasteiger partial charge on any atom is -0.388 e. The zero-order valence-electron chi connectivity index (χ0n) is 10.2. The van der Waals surface area contributed by atoms with Crippen molar-refractivity contribution in [2.75, 3.05) is 6.54 Å². The molecule has 0 amide bonds. The van der Waals surface area contributed by atoms with E-state index in [0.717, 1.165) is 19.4 Å². The van der Waals surface area contributed by atoms with Crippen molar-refractivity contribution in [1.82, 2.24) is 5.32 Å². The van der Waals surface area contributed by atoms with E-state index in [9.17, 15) is 5.11 Å². The normalized spacial score (nSPS) is 24.3. The molecule has 0 aromatic heterocycles. The minimum atomic E-state index is -0.633. The third-order valence-electron chi connectivity index (χ3n) is 3.49. The van der Waals surface area contributed by atoms with Crippen LogP contribution in [0.25, 0.3) is 0 Å². The predicted octanol–water partition coefficient (Wildman–Crippen LogP) is 2.04. The van der Waals surface area contributed by atoms with Crippen molar-refractivity contribution in [3.8, 4) is 0 Å². The van der Waals surface area contributed by atoms with Crippen LogP contribution in [0.1, 0.15) is 30.9 Å². The van der Waals surface area contributed by atoms with E-state index in [4.69, 9.17) is 0 Å². The average molecular weight is 219 g/mol. The Hall–Kier alpha value is -0.860. The van der Waals surface area contributed by atoms with E-state index in [1.807, 2.05) is 6.92 Å². The van der Waals surface area contributed by atoms with Crippen LogP contribution >= 0.6 is 0 Å². The maximum Gasteiger partial charge on any atom is 0.0812 e. The molecule has 1 fully saturated rings. The van der Waals surface area contributed by atoms with Gasteiger partial charge in [-0.1, -0.05) is 29.8 Å². The van der Waals surface area contributed by atoms with E-state index in [1.165, 1.54) is 17.5 Å². The van der Waals surface area contributed by atoms with Crippen LogP contribution in [-0.4, -0.2) is 23.3 Å². The molecule has 2 heteroatoms. The van der Waals surface area contributed by atoms with Crippen LogP contribution < -0.4 is 5.32 Å². The van der Waals surface area contributed by atoms with Crippen molar-refractivity contribution < 1.29 is 5.11 Å². The van der Waals surface area contributed by atoms with Crippen LogP contribution in [0.5, 0.6) is 0 Å². The molecule has 1 saturated heterocycles. The Morgan fingerprint density at radius 1 is 1.38 bits per heavy atom. The van der Waals surface area contributed by atoms with Gasteiger partial charge in [-0.05, 0) is 38.8 Å². The first kappa shape index (κ1) is 11.6. The fourth-order valence-corrected chi connectivity index (χ4v) is 2.46. The molecule has 0 aliphatic carbocycles. The largest absolute Gasteiger partial charge is 0.388 e. The van der Waals surface area contributed by atoms with Crippen molar-refractivity contribution in [3.63, 3.8) is 0 Å². The molecule has 16 heavy (non-hydrogen) atoms.